The minimum Gasteiger partial charge on any atom is -0.488 e. The highest BCUT2D eigenvalue weighted by atomic mass is 79.9. The average Bonchev–Trinajstić information content (AvgIpc) is 3.04. The van der Waals surface area contributed by atoms with Gasteiger partial charge in [-0.05, 0) is 47.9 Å². The van der Waals surface area contributed by atoms with E-state index in [1.54, 1.807) is 0 Å². The third-order valence-electron chi connectivity index (χ3n) is 4.73. The van der Waals surface area contributed by atoms with Crippen LogP contribution >= 0.6 is 15.9 Å². The van der Waals surface area contributed by atoms with Crippen LogP contribution in [0.1, 0.15) is 32.3 Å². The van der Waals surface area contributed by atoms with Gasteiger partial charge in [-0.3, -0.25) is 0 Å². The van der Waals surface area contributed by atoms with Crippen molar-refractivity contribution >= 4 is 15.9 Å². The van der Waals surface area contributed by atoms with Crippen molar-refractivity contribution in [3.05, 3.63) is 28.2 Å². The third-order valence-corrected chi connectivity index (χ3v) is 5.22. The Morgan fingerprint density at radius 3 is 2.89 bits per heavy atom. The highest BCUT2D eigenvalue weighted by molar-refractivity contribution is 9.10. The molecule has 0 spiro atoms. The normalized spacial score (nSPS) is 23.3. The first-order chi connectivity index (χ1) is 9.09. The maximum absolute atomic E-state index is 5.97. The van der Waals surface area contributed by atoms with Gasteiger partial charge in [0.05, 0.1) is 0 Å². The topological polar surface area (TPSA) is 21.3 Å². The first kappa shape index (κ1) is 13.4. The molecule has 1 aromatic carbocycles. The molecule has 1 unspecified atom stereocenters. The summed E-state index contributed by atoms with van der Waals surface area (Å²) in [6.45, 7) is 6.79. The smallest absolute Gasteiger partial charge is 0.123 e. The number of hydrogen-bond donors (Lipinski definition) is 1. The van der Waals surface area contributed by atoms with Crippen molar-refractivity contribution in [3.63, 3.8) is 0 Å². The van der Waals surface area contributed by atoms with E-state index in [9.17, 15) is 0 Å². The molecule has 1 aromatic rings. The Bertz CT molecular complexity index is 468. The number of nitrogens with one attached hydrogen (secondary N) is 1. The molecule has 1 aliphatic heterocycles. The maximum Gasteiger partial charge on any atom is 0.123 e. The van der Waals surface area contributed by atoms with Gasteiger partial charge in [0.15, 0.2) is 0 Å². The van der Waals surface area contributed by atoms with E-state index in [0.29, 0.717) is 11.5 Å². The van der Waals surface area contributed by atoms with Crippen molar-refractivity contribution in [1.29, 1.82) is 0 Å². The van der Waals surface area contributed by atoms with Crippen LogP contribution in [0.4, 0.5) is 0 Å². The predicted molar refractivity (Wildman–Crippen MR) is 81.6 cm³/mol. The van der Waals surface area contributed by atoms with Gasteiger partial charge in [0.2, 0.25) is 0 Å². The number of halogens is 1. The highest BCUT2D eigenvalue weighted by Gasteiger charge is 2.44. The molecule has 0 saturated heterocycles. The first-order valence-corrected chi connectivity index (χ1v) is 8.04. The Balaban J connectivity index is 1.49. The molecule has 1 fully saturated rings. The summed E-state index contributed by atoms with van der Waals surface area (Å²) in [5.74, 6) is 1.85. The Hall–Kier alpha value is -0.540. The Kier molecular flexibility index (Phi) is 3.61. The third kappa shape index (κ3) is 2.82. The second kappa shape index (κ2) is 5.10. The second-order valence-electron chi connectivity index (χ2n) is 6.34. The lowest BCUT2D eigenvalue weighted by Crippen LogP contribution is -2.35. The van der Waals surface area contributed by atoms with Gasteiger partial charge in [0.25, 0.3) is 0 Å². The first-order valence-electron chi connectivity index (χ1n) is 7.25. The van der Waals surface area contributed by atoms with Crippen LogP contribution < -0.4 is 10.1 Å². The molecule has 0 aromatic heterocycles. The lowest BCUT2D eigenvalue weighted by atomic mass is 9.92. The zero-order valence-corrected chi connectivity index (χ0v) is 13.3. The van der Waals surface area contributed by atoms with Crippen LogP contribution in [0, 0.1) is 11.3 Å². The molecule has 1 aliphatic carbocycles. The van der Waals surface area contributed by atoms with E-state index in [2.05, 4.69) is 47.2 Å². The molecule has 2 aliphatic rings. The largest absolute Gasteiger partial charge is 0.488 e. The zero-order chi connectivity index (χ0) is 13.5. The van der Waals surface area contributed by atoms with Crippen LogP contribution in [0.15, 0.2) is 22.7 Å². The summed E-state index contributed by atoms with van der Waals surface area (Å²) >= 11 is 3.52. The van der Waals surface area contributed by atoms with E-state index < -0.39 is 0 Å². The molecule has 104 valence electrons. The Labute approximate surface area is 124 Å². The molecule has 1 N–H and O–H groups in total. The van der Waals surface area contributed by atoms with Crippen molar-refractivity contribution in [2.45, 2.75) is 39.2 Å². The van der Waals surface area contributed by atoms with E-state index in [1.165, 1.54) is 18.4 Å². The molecular formula is C16H22BrNO. The molecule has 3 rings (SSSR count). The molecule has 1 atom stereocenters. The van der Waals surface area contributed by atoms with Crippen LogP contribution in [0.2, 0.25) is 0 Å². The summed E-state index contributed by atoms with van der Waals surface area (Å²) in [4.78, 5) is 0. The molecule has 1 heterocycles. The highest BCUT2D eigenvalue weighted by Crippen LogP contribution is 2.51. The van der Waals surface area contributed by atoms with Gasteiger partial charge in [-0.15, -0.1) is 0 Å². The standard InChI is InChI=1S/C16H22BrNO/c1-11(2)16(5-6-16)10-18-9-14-8-12-7-13(17)3-4-15(12)19-14/h3-4,7,11,14,18H,5-6,8-10H2,1-2H3. The monoisotopic (exact) mass is 323 g/mol. The number of rotatable bonds is 5. The summed E-state index contributed by atoms with van der Waals surface area (Å²) < 4.78 is 7.11. The van der Waals surface area contributed by atoms with Gasteiger partial charge < -0.3 is 10.1 Å². The van der Waals surface area contributed by atoms with Crippen LogP contribution in [0.5, 0.6) is 5.75 Å². The van der Waals surface area contributed by atoms with Crippen LogP contribution in [-0.2, 0) is 6.42 Å². The molecular weight excluding hydrogens is 302 g/mol. The summed E-state index contributed by atoms with van der Waals surface area (Å²) in [5, 5.41) is 3.62. The summed E-state index contributed by atoms with van der Waals surface area (Å²) in [6.07, 6.45) is 4.09. The quantitative estimate of drug-likeness (QED) is 0.890. The minimum absolute atomic E-state index is 0.298. The van der Waals surface area contributed by atoms with E-state index in [0.717, 1.165) is 35.7 Å². The number of benzene rings is 1. The zero-order valence-electron chi connectivity index (χ0n) is 11.7. The van der Waals surface area contributed by atoms with Gasteiger partial charge in [0.1, 0.15) is 11.9 Å². The van der Waals surface area contributed by atoms with Gasteiger partial charge in [-0.2, -0.15) is 0 Å². The summed E-state index contributed by atoms with van der Waals surface area (Å²) in [7, 11) is 0. The molecule has 2 nitrogen and oxygen atoms in total. The number of fused-ring (bicyclic) bond motifs is 1. The van der Waals surface area contributed by atoms with Crippen LogP contribution in [0.25, 0.3) is 0 Å². The SMILES string of the molecule is CC(C)C1(CNCC2Cc3cc(Br)ccc3O2)CC1. The molecule has 0 amide bonds. The second-order valence-corrected chi connectivity index (χ2v) is 7.26. The maximum atomic E-state index is 5.97. The van der Waals surface area contributed by atoms with Gasteiger partial charge in [-0.1, -0.05) is 29.8 Å². The van der Waals surface area contributed by atoms with Gasteiger partial charge >= 0.3 is 0 Å². The fourth-order valence-electron chi connectivity index (χ4n) is 3.00. The van der Waals surface area contributed by atoms with Crippen molar-refractivity contribution in [2.75, 3.05) is 13.1 Å². The fourth-order valence-corrected chi connectivity index (χ4v) is 3.41. The van der Waals surface area contributed by atoms with Crippen molar-refractivity contribution in [3.8, 4) is 5.75 Å². The average molecular weight is 324 g/mol. The van der Waals surface area contributed by atoms with E-state index in [4.69, 9.17) is 4.74 Å². The van der Waals surface area contributed by atoms with Crippen molar-refractivity contribution in [1.82, 2.24) is 5.32 Å². The number of hydrogen-bond acceptors (Lipinski definition) is 2. The van der Waals surface area contributed by atoms with Gasteiger partial charge in [0, 0.05) is 24.0 Å². The Morgan fingerprint density at radius 2 is 2.21 bits per heavy atom. The molecule has 19 heavy (non-hydrogen) atoms. The van der Waals surface area contributed by atoms with Crippen LogP contribution in [0.3, 0.4) is 0 Å². The molecule has 0 radical (unpaired) electrons. The fraction of sp³-hybridized carbons (Fsp3) is 0.625. The molecule has 0 bridgehead atoms. The van der Waals surface area contributed by atoms with Crippen molar-refractivity contribution in [2.24, 2.45) is 11.3 Å². The predicted octanol–water partition coefficient (Wildman–Crippen LogP) is 3.78. The van der Waals surface area contributed by atoms with E-state index in [-0.39, 0.29) is 0 Å². The Morgan fingerprint density at radius 1 is 1.42 bits per heavy atom. The van der Waals surface area contributed by atoms with Crippen molar-refractivity contribution < 1.29 is 4.74 Å². The lowest BCUT2D eigenvalue weighted by molar-refractivity contribution is 0.218. The van der Waals surface area contributed by atoms with Gasteiger partial charge in [-0.25, -0.2) is 0 Å². The minimum atomic E-state index is 0.298. The van der Waals surface area contributed by atoms with Crippen LogP contribution in [-0.4, -0.2) is 19.2 Å². The lowest BCUT2D eigenvalue weighted by Gasteiger charge is -2.21. The summed E-state index contributed by atoms with van der Waals surface area (Å²) in [5.41, 5.74) is 1.90. The van der Waals surface area contributed by atoms with E-state index >= 15 is 0 Å². The summed E-state index contributed by atoms with van der Waals surface area (Å²) in [6, 6.07) is 6.29. The molecule has 3 heteroatoms. The van der Waals surface area contributed by atoms with E-state index in [1.807, 2.05) is 6.07 Å². The molecule has 1 saturated carbocycles. The number of ether oxygens (including phenoxy) is 1.